The molecule has 0 bridgehead atoms. The van der Waals surface area contributed by atoms with Crippen LogP contribution >= 0.6 is 11.6 Å². The van der Waals surface area contributed by atoms with Crippen LogP contribution in [0, 0.1) is 11.8 Å². The van der Waals surface area contributed by atoms with Gasteiger partial charge in [0.2, 0.25) is 0 Å². The number of hydrogen-bond donors (Lipinski definition) is 1. The van der Waals surface area contributed by atoms with Gasteiger partial charge in [0.15, 0.2) is 5.82 Å². The first-order chi connectivity index (χ1) is 8.60. The van der Waals surface area contributed by atoms with Crippen molar-refractivity contribution in [2.75, 3.05) is 12.4 Å². The number of hydrogen-bond acceptors (Lipinski definition) is 4. The molecule has 1 aromatic rings. The van der Waals surface area contributed by atoms with Gasteiger partial charge in [-0.2, -0.15) is 4.98 Å². The highest BCUT2D eigenvalue weighted by Gasteiger charge is 2.25. The van der Waals surface area contributed by atoms with Crippen LogP contribution in [0.5, 0.6) is 6.01 Å². The van der Waals surface area contributed by atoms with Crippen LogP contribution in [-0.4, -0.2) is 23.1 Å². The van der Waals surface area contributed by atoms with E-state index in [1.165, 1.54) is 6.42 Å². The van der Waals surface area contributed by atoms with Crippen LogP contribution in [0.25, 0.3) is 0 Å². The number of ether oxygens (including phenoxy) is 1. The molecule has 1 heterocycles. The third kappa shape index (κ3) is 3.05. The van der Waals surface area contributed by atoms with Crippen molar-refractivity contribution in [2.45, 2.75) is 39.2 Å². The van der Waals surface area contributed by atoms with E-state index in [0.29, 0.717) is 22.9 Å². The third-order valence-corrected chi connectivity index (χ3v) is 4.12. The molecule has 1 saturated carbocycles. The molecule has 2 rings (SSSR count). The van der Waals surface area contributed by atoms with Gasteiger partial charge in [-0.1, -0.05) is 25.4 Å². The van der Waals surface area contributed by atoms with Crippen LogP contribution in [0.2, 0.25) is 5.02 Å². The first kappa shape index (κ1) is 13.4. The van der Waals surface area contributed by atoms with Crippen molar-refractivity contribution in [1.82, 2.24) is 9.97 Å². The van der Waals surface area contributed by atoms with Crippen LogP contribution in [0.15, 0.2) is 6.20 Å². The standard InChI is InChI=1S/C13H20ClN3O/c1-8-4-5-10(6-9(8)2)16-12-11(14)7-15-13(17-12)18-3/h7-10H,4-6H2,1-3H3,(H,15,16,17). The quantitative estimate of drug-likeness (QED) is 0.914. The Balaban J connectivity index is 2.05. The molecule has 0 amide bonds. The summed E-state index contributed by atoms with van der Waals surface area (Å²) in [7, 11) is 1.55. The lowest BCUT2D eigenvalue weighted by Gasteiger charge is -2.32. The van der Waals surface area contributed by atoms with Crippen molar-refractivity contribution in [3.63, 3.8) is 0 Å². The molecule has 5 heteroatoms. The van der Waals surface area contributed by atoms with E-state index < -0.39 is 0 Å². The molecule has 1 aromatic heterocycles. The summed E-state index contributed by atoms with van der Waals surface area (Å²) in [6, 6.07) is 0.785. The van der Waals surface area contributed by atoms with Gasteiger partial charge in [0.05, 0.1) is 13.3 Å². The first-order valence-electron chi connectivity index (χ1n) is 6.43. The fourth-order valence-corrected chi connectivity index (χ4v) is 2.57. The molecule has 0 spiro atoms. The predicted octanol–water partition coefficient (Wildman–Crippen LogP) is 3.38. The SMILES string of the molecule is COc1ncc(Cl)c(NC2CCC(C)C(C)C2)n1. The second-order valence-electron chi connectivity index (χ2n) is 5.16. The Kier molecular flexibility index (Phi) is 4.27. The lowest BCUT2D eigenvalue weighted by molar-refractivity contribution is 0.260. The fraction of sp³-hybridized carbons (Fsp3) is 0.692. The highest BCUT2D eigenvalue weighted by molar-refractivity contribution is 6.32. The Bertz CT molecular complexity index is 413. The van der Waals surface area contributed by atoms with E-state index in [-0.39, 0.29) is 0 Å². The Hall–Kier alpha value is -1.03. The van der Waals surface area contributed by atoms with Gasteiger partial charge in [-0.25, -0.2) is 4.98 Å². The Morgan fingerprint density at radius 1 is 1.33 bits per heavy atom. The van der Waals surface area contributed by atoms with Gasteiger partial charge in [-0.3, -0.25) is 0 Å². The molecule has 1 N–H and O–H groups in total. The molecule has 3 unspecified atom stereocenters. The van der Waals surface area contributed by atoms with E-state index in [0.717, 1.165) is 24.7 Å². The molecule has 4 nitrogen and oxygen atoms in total. The second kappa shape index (κ2) is 5.74. The van der Waals surface area contributed by atoms with Gasteiger partial charge in [-0.15, -0.1) is 0 Å². The van der Waals surface area contributed by atoms with E-state index in [4.69, 9.17) is 16.3 Å². The monoisotopic (exact) mass is 269 g/mol. The second-order valence-corrected chi connectivity index (χ2v) is 5.57. The van der Waals surface area contributed by atoms with E-state index in [2.05, 4.69) is 29.1 Å². The predicted molar refractivity (Wildman–Crippen MR) is 73.2 cm³/mol. The maximum atomic E-state index is 6.09. The number of anilines is 1. The maximum absolute atomic E-state index is 6.09. The Morgan fingerprint density at radius 2 is 2.11 bits per heavy atom. The number of nitrogens with one attached hydrogen (secondary N) is 1. The van der Waals surface area contributed by atoms with Crippen LogP contribution in [-0.2, 0) is 0 Å². The van der Waals surface area contributed by atoms with Gasteiger partial charge in [0, 0.05) is 6.04 Å². The summed E-state index contributed by atoms with van der Waals surface area (Å²) in [5, 5.41) is 3.96. The first-order valence-corrected chi connectivity index (χ1v) is 6.81. The summed E-state index contributed by atoms with van der Waals surface area (Å²) >= 11 is 6.09. The minimum Gasteiger partial charge on any atom is -0.467 e. The molecule has 100 valence electrons. The van der Waals surface area contributed by atoms with Gasteiger partial charge >= 0.3 is 6.01 Å². The van der Waals surface area contributed by atoms with Crippen LogP contribution < -0.4 is 10.1 Å². The van der Waals surface area contributed by atoms with Gasteiger partial charge in [0.25, 0.3) is 0 Å². The van der Waals surface area contributed by atoms with Crippen LogP contribution in [0.3, 0.4) is 0 Å². The van der Waals surface area contributed by atoms with Gasteiger partial charge < -0.3 is 10.1 Å². The van der Waals surface area contributed by atoms with Crippen molar-refractivity contribution >= 4 is 17.4 Å². The van der Waals surface area contributed by atoms with Gasteiger partial charge in [0.1, 0.15) is 5.02 Å². The molecule has 0 aromatic carbocycles. The molecule has 3 atom stereocenters. The lowest BCUT2D eigenvalue weighted by atomic mass is 9.79. The molecule has 1 fully saturated rings. The van der Waals surface area contributed by atoms with Crippen molar-refractivity contribution in [3.05, 3.63) is 11.2 Å². The number of rotatable bonds is 3. The summed E-state index contributed by atoms with van der Waals surface area (Å²) in [4.78, 5) is 8.22. The van der Waals surface area contributed by atoms with E-state index in [1.807, 2.05) is 0 Å². The van der Waals surface area contributed by atoms with Crippen molar-refractivity contribution in [1.29, 1.82) is 0 Å². The number of nitrogens with zero attached hydrogens (tertiary/aromatic N) is 2. The molecule has 0 radical (unpaired) electrons. The average Bonchev–Trinajstić information content (AvgIpc) is 2.36. The summed E-state index contributed by atoms with van der Waals surface area (Å²) in [6.45, 7) is 4.63. The van der Waals surface area contributed by atoms with Gasteiger partial charge in [-0.05, 0) is 31.1 Å². The topological polar surface area (TPSA) is 47.0 Å². The highest BCUT2D eigenvalue weighted by Crippen LogP contribution is 2.32. The van der Waals surface area contributed by atoms with E-state index >= 15 is 0 Å². The zero-order chi connectivity index (χ0) is 13.1. The molecular weight excluding hydrogens is 250 g/mol. The zero-order valence-corrected chi connectivity index (χ0v) is 11.9. The lowest BCUT2D eigenvalue weighted by Crippen LogP contribution is -2.30. The fourth-order valence-electron chi connectivity index (χ4n) is 2.42. The highest BCUT2D eigenvalue weighted by atomic mass is 35.5. The maximum Gasteiger partial charge on any atom is 0.318 e. The number of methoxy groups -OCH3 is 1. The van der Waals surface area contributed by atoms with Crippen LogP contribution in [0.4, 0.5) is 5.82 Å². The number of halogens is 1. The summed E-state index contributed by atoms with van der Waals surface area (Å²) in [6.07, 6.45) is 5.14. The zero-order valence-electron chi connectivity index (χ0n) is 11.1. The van der Waals surface area contributed by atoms with Crippen molar-refractivity contribution in [3.8, 4) is 6.01 Å². The largest absolute Gasteiger partial charge is 0.467 e. The Morgan fingerprint density at radius 3 is 2.78 bits per heavy atom. The minimum absolute atomic E-state index is 0.346. The Labute approximate surface area is 113 Å². The molecule has 0 aliphatic heterocycles. The molecule has 18 heavy (non-hydrogen) atoms. The molecule has 1 aliphatic carbocycles. The smallest absolute Gasteiger partial charge is 0.318 e. The molecular formula is C13H20ClN3O. The summed E-state index contributed by atoms with van der Waals surface area (Å²) in [5.74, 6) is 2.22. The third-order valence-electron chi connectivity index (χ3n) is 3.84. The number of aromatic nitrogens is 2. The summed E-state index contributed by atoms with van der Waals surface area (Å²) < 4.78 is 5.02. The normalized spacial score (nSPS) is 27.9. The summed E-state index contributed by atoms with van der Waals surface area (Å²) in [5.41, 5.74) is 0. The minimum atomic E-state index is 0.346. The van der Waals surface area contributed by atoms with Crippen molar-refractivity contribution < 1.29 is 4.74 Å². The molecule has 1 aliphatic rings. The van der Waals surface area contributed by atoms with E-state index in [1.54, 1.807) is 13.3 Å². The van der Waals surface area contributed by atoms with Crippen LogP contribution in [0.1, 0.15) is 33.1 Å². The van der Waals surface area contributed by atoms with Crippen molar-refractivity contribution in [2.24, 2.45) is 11.8 Å². The molecule has 0 saturated heterocycles. The van der Waals surface area contributed by atoms with E-state index in [9.17, 15) is 0 Å². The average molecular weight is 270 g/mol.